The minimum Gasteiger partial charge on any atom is -0.454 e. The van der Waals surface area contributed by atoms with E-state index in [-0.39, 0.29) is 0 Å². The standard InChI is InChI=1S/C47H30N4O/c1-3-13-29(14-4-1)45-48-46(30-15-5-2-6-16-30)50-47(49-45)36-23-24-40(44-43(36)38-26-32-18-8-10-20-34(32)28-42(38)52-44)51-39-22-12-11-21-35(39)37-25-31-17-7-9-19-33(31)27-41(37)51/h1-28,47H,(H,48,49,50). The maximum atomic E-state index is 7.02. The molecule has 0 amide bonds. The van der Waals surface area contributed by atoms with Gasteiger partial charge in [0.2, 0.25) is 0 Å². The van der Waals surface area contributed by atoms with Crippen molar-refractivity contribution in [3.63, 3.8) is 0 Å². The monoisotopic (exact) mass is 666 g/mol. The van der Waals surface area contributed by atoms with Crippen LogP contribution in [0, 0.1) is 0 Å². The van der Waals surface area contributed by atoms with Gasteiger partial charge in [-0.05, 0) is 57.9 Å². The van der Waals surface area contributed by atoms with Crippen LogP contribution < -0.4 is 5.32 Å². The summed E-state index contributed by atoms with van der Waals surface area (Å²) in [7, 11) is 0. The molecule has 0 radical (unpaired) electrons. The van der Waals surface area contributed by atoms with E-state index >= 15 is 0 Å². The number of nitrogens with zero attached hydrogens (tertiary/aromatic N) is 3. The summed E-state index contributed by atoms with van der Waals surface area (Å²) in [6, 6.07) is 59.7. The summed E-state index contributed by atoms with van der Waals surface area (Å²) < 4.78 is 9.39. The minimum absolute atomic E-state index is 0.516. The fraction of sp³-hybridized carbons (Fsp3) is 0.0213. The van der Waals surface area contributed by atoms with Crippen molar-refractivity contribution in [2.45, 2.75) is 6.17 Å². The van der Waals surface area contributed by atoms with Gasteiger partial charge in [-0.25, -0.2) is 9.98 Å². The van der Waals surface area contributed by atoms with Gasteiger partial charge in [-0.1, -0.05) is 133 Å². The fourth-order valence-electron chi connectivity index (χ4n) is 7.96. The molecule has 5 nitrogen and oxygen atoms in total. The largest absolute Gasteiger partial charge is 0.454 e. The van der Waals surface area contributed by atoms with Crippen molar-refractivity contribution in [3.8, 4) is 5.69 Å². The van der Waals surface area contributed by atoms with E-state index in [1.54, 1.807) is 0 Å². The average Bonchev–Trinajstić information content (AvgIpc) is 3.74. The van der Waals surface area contributed by atoms with Crippen LogP contribution in [0.3, 0.4) is 0 Å². The molecule has 0 fully saturated rings. The van der Waals surface area contributed by atoms with Crippen molar-refractivity contribution in [1.82, 2.24) is 9.88 Å². The van der Waals surface area contributed by atoms with E-state index in [4.69, 9.17) is 14.4 Å². The van der Waals surface area contributed by atoms with Crippen molar-refractivity contribution in [2.75, 3.05) is 0 Å². The first-order valence-electron chi connectivity index (χ1n) is 17.6. The molecule has 0 saturated heterocycles. The Labute approximate surface area is 298 Å². The van der Waals surface area contributed by atoms with Gasteiger partial charge in [0.15, 0.2) is 11.7 Å². The Hall–Kier alpha value is -6.98. The highest BCUT2D eigenvalue weighted by atomic mass is 16.3. The van der Waals surface area contributed by atoms with Crippen LogP contribution in [-0.2, 0) is 0 Å². The van der Waals surface area contributed by atoms with E-state index in [1.165, 1.54) is 21.5 Å². The van der Waals surface area contributed by atoms with Crippen molar-refractivity contribution in [2.24, 2.45) is 9.98 Å². The van der Waals surface area contributed by atoms with Gasteiger partial charge in [0, 0.05) is 38.2 Å². The number of rotatable bonds is 4. The zero-order valence-corrected chi connectivity index (χ0v) is 28.0. The SMILES string of the molecule is c1ccc(C2=NC(c3ccc(-n4c5ccccc5c5cc6ccccc6cc54)c4oc5cc6ccccc6cc5c34)N=C(c3ccccc3)N2)cc1. The van der Waals surface area contributed by atoms with Crippen LogP contribution in [0.1, 0.15) is 22.9 Å². The molecular formula is C47H30N4O. The smallest absolute Gasteiger partial charge is 0.170 e. The number of hydrogen-bond donors (Lipinski definition) is 1. The summed E-state index contributed by atoms with van der Waals surface area (Å²) in [5, 5.41) is 12.7. The number of amidine groups is 2. The van der Waals surface area contributed by atoms with Gasteiger partial charge in [0.1, 0.15) is 17.3 Å². The molecule has 0 spiro atoms. The van der Waals surface area contributed by atoms with Crippen LogP contribution in [0.5, 0.6) is 0 Å². The van der Waals surface area contributed by atoms with Crippen LogP contribution in [0.2, 0.25) is 0 Å². The second-order valence-electron chi connectivity index (χ2n) is 13.4. The highest BCUT2D eigenvalue weighted by Gasteiger charge is 2.27. The van der Waals surface area contributed by atoms with Crippen molar-refractivity contribution < 1.29 is 4.42 Å². The topological polar surface area (TPSA) is 54.8 Å². The summed E-state index contributed by atoms with van der Waals surface area (Å²) in [6.07, 6.45) is -0.516. The molecule has 0 saturated carbocycles. The van der Waals surface area contributed by atoms with Gasteiger partial charge in [-0.2, -0.15) is 0 Å². The number of benzene rings is 8. The molecule has 1 aliphatic heterocycles. The van der Waals surface area contributed by atoms with Gasteiger partial charge < -0.3 is 14.3 Å². The molecule has 10 aromatic rings. The number of aliphatic imine (C=N–C) groups is 2. The van der Waals surface area contributed by atoms with E-state index in [0.29, 0.717) is 0 Å². The van der Waals surface area contributed by atoms with E-state index in [2.05, 4.69) is 143 Å². The quantitative estimate of drug-likeness (QED) is 0.203. The van der Waals surface area contributed by atoms with E-state index < -0.39 is 6.17 Å². The second-order valence-corrected chi connectivity index (χ2v) is 13.4. The Morgan fingerprint density at radius 3 is 1.71 bits per heavy atom. The van der Waals surface area contributed by atoms with E-state index in [0.717, 1.165) is 77.8 Å². The van der Waals surface area contributed by atoms with Crippen LogP contribution in [0.4, 0.5) is 0 Å². The molecule has 3 heterocycles. The van der Waals surface area contributed by atoms with E-state index in [9.17, 15) is 0 Å². The molecule has 0 atom stereocenters. The van der Waals surface area contributed by atoms with Crippen molar-refractivity contribution in [3.05, 3.63) is 187 Å². The van der Waals surface area contributed by atoms with Crippen LogP contribution in [-0.4, -0.2) is 16.2 Å². The Morgan fingerprint density at radius 1 is 0.481 bits per heavy atom. The summed E-state index contributed by atoms with van der Waals surface area (Å²) in [5.74, 6) is 1.56. The average molecular weight is 667 g/mol. The highest BCUT2D eigenvalue weighted by molar-refractivity contribution is 6.19. The number of fused-ring (bicyclic) bond motifs is 8. The number of hydrogen-bond acceptors (Lipinski definition) is 4. The molecule has 5 heteroatoms. The van der Waals surface area contributed by atoms with Crippen LogP contribution in [0.25, 0.3) is 71.0 Å². The summed E-state index contributed by atoms with van der Waals surface area (Å²) in [5.41, 5.74) is 7.88. The lowest BCUT2D eigenvalue weighted by atomic mass is 10.00. The third-order valence-corrected chi connectivity index (χ3v) is 10.4. The van der Waals surface area contributed by atoms with Gasteiger partial charge >= 0.3 is 0 Å². The molecule has 11 rings (SSSR count). The Bertz CT molecular complexity index is 3040. The zero-order valence-electron chi connectivity index (χ0n) is 28.0. The number of furan rings is 1. The lowest BCUT2D eigenvalue weighted by Gasteiger charge is -2.23. The van der Waals surface area contributed by atoms with E-state index in [1.807, 2.05) is 36.4 Å². The number of para-hydroxylation sites is 1. The van der Waals surface area contributed by atoms with Crippen LogP contribution >= 0.6 is 0 Å². The predicted molar refractivity (Wildman–Crippen MR) is 215 cm³/mol. The summed E-state index contributed by atoms with van der Waals surface area (Å²) in [6.45, 7) is 0. The number of aromatic nitrogens is 1. The molecule has 8 aromatic carbocycles. The lowest BCUT2D eigenvalue weighted by Crippen LogP contribution is -2.36. The first-order valence-corrected chi connectivity index (χ1v) is 17.6. The maximum Gasteiger partial charge on any atom is 0.170 e. The van der Waals surface area contributed by atoms with Gasteiger partial charge in [0.05, 0.1) is 16.7 Å². The Kier molecular flexibility index (Phi) is 6.25. The number of nitrogens with one attached hydrogen (secondary N) is 1. The summed E-state index contributed by atoms with van der Waals surface area (Å²) >= 11 is 0. The highest BCUT2D eigenvalue weighted by Crippen LogP contribution is 2.43. The molecular weight excluding hydrogens is 637 g/mol. The third kappa shape index (κ3) is 4.42. The minimum atomic E-state index is -0.516. The fourth-order valence-corrected chi connectivity index (χ4v) is 7.96. The normalized spacial score (nSPS) is 13.7. The van der Waals surface area contributed by atoms with Gasteiger partial charge in [-0.3, -0.25) is 0 Å². The predicted octanol–water partition coefficient (Wildman–Crippen LogP) is 11.5. The van der Waals surface area contributed by atoms with Crippen LogP contribution in [0.15, 0.2) is 184 Å². The lowest BCUT2D eigenvalue weighted by molar-refractivity contribution is 0.665. The van der Waals surface area contributed by atoms with Gasteiger partial charge in [-0.15, -0.1) is 0 Å². The molecule has 0 aliphatic carbocycles. The first-order chi connectivity index (χ1) is 25.8. The molecule has 0 unspecified atom stereocenters. The molecule has 1 N–H and O–H groups in total. The van der Waals surface area contributed by atoms with Crippen molar-refractivity contribution >= 4 is 77.0 Å². The molecule has 244 valence electrons. The molecule has 0 bridgehead atoms. The molecule has 1 aliphatic rings. The molecule has 2 aromatic heterocycles. The van der Waals surface area contributed by atoms with Gasteiger partial charge in [0.25, 0.3) is 0 Å². The zero-order chi connectivity index (χ0) is 34.2. The first kappa shape index (κ1) is 28.8. The third-order valence-electron chi connectivity index (χ3n) is 10.4. The van der Waals surface area contributed by atoms with Crippen molar-refractivity contribution in [1.29, 1.82) is 0 Å². The maximum absolute atomic E-state index is 7.02. The summed E-state index contributed by atoms with van der Waals surface area (Å²) in [4.78, 5) is 10.6. The molecule has 52 heavy (non-hydrogen) atoms. The second kappa shape index (κ2) is 11.3. The Morgan fingerprint density at radius 2 is 1.04 bits per heavy atom. The Balaban J connectivity index is 1.24.